The van der Waals surface area contributed by atoms with Gasteiger partial charge in [-0.15, -0.1) is 0 Å². The molecule has 0 saturated carbocycles. The molecule has 1 N–H and O–H groups in total. The summed E-state index contributed by atoms with van der Waals surface area (Å²) in [5.74, 6) is 1.71. The van der Waals surface area contributed by atoms with E-state index in [1.54, 1.807) is 23.4 Å². The number of rotatable bonds is 14. The molecular formula is C33H42N4O5. The number of hydrogen-bond donors (Lipinski definition) is 1. The third kappa shape index (κ3) is 9.68. The SMILES string of the molecule is C=CCOc1ccc(Nc2cnc(OCCCCCCOc3cccc4c3CCN(C(=O)OC(C)(C)C)C4)nc2)cc1. The molecule has 1 aliphatic rings. The molecule has 0 fully saturated rings. The summed E-state index contributed by atoms with van der Waals surface area (Å²) in [4.78, 5) is 22.8. The third-order valence-corrected chi connectivity index (χ3v) is 6.54. The lowest BCUT2D eigenvalue weighted by atomic mass is 9.99. The molecule has 9 heteroatoms. The van der Waals surface area contributed by atoms with E-state index in [1.165, 1.54) is 5.56 Å². The van der Waals surface area contributed by atoms with Crippen LogP contribution in [0.1, 0.15) is 57.6 Å². The summed E-state index contributed by atoms with van der Waals surface area (Å²) >= 11 is 0. The van der Waals surface area contributed by atoms with Gasteiger partial charge in [-0.05, 0) is 88.8 Å². The highest BCUT2D eigenvalue weighted by molar-refractivity contribution is 5.69. The van der Waals surface area contributed by atoms with Gasteiger partial charge >= 0.3 is 12.1 Å². The minimum absolute atomic E-state index is 0.267. The van der Waals surface area contributed by atoms with Crippen LogP contribution in [-0.4, -0.2) is 52.9 Å². The molecular weight excluding hydrogens is 532 g/mol. The maximum atomic E-state index is 12.5. The Labute approximate surface area is 248 Å². The maximum absolute atomic E-state index is 12.5. The fourth-order valence-electron chi connectivity index (χ4n) is 4.51. The van der Waals surface area contributed by atoms with E-state index in [9.17, 15) is 4.79 Å². The fourth-order valence-corrected chi connectivity index (χ4v) is 4.51. The van der Waals surface area contributed by atoms with Crippen molar-refractivity contribution in [2.45, 2.75) is 65.0 Å². The fraction of sp³-hybridized carbons (Fsp3) is 0.424. The predicted molar refractivity (Wildman–Crippen MR) is 164 cm³/mol. The van der Waals surface area contributed by atoms with Crippen molar-refractivity contribution in [3.63, 3.8) is 0 Å². The number of amides is 1. The predicted octanol–water partition coefficient (Wildman–Crippen LogP) is 7.10. The van der Waals surface area contributed by atoms with Crippen molar-refractivity contribution in [2.24, 2.45) is 0 Å². The second-order valence-corrected chi connectivity index (χ2v) is 11.2. The van der Waals surface area contributed by atoms with Gasteiger partial charge in [0.15, 0.2) is 0 Å². The first-order valence-corrected chi connectivity index (χ1v) is 14.6. The number of carbonyl (C=O) groups is 1. The van der Waals surface area contributed by atoms with Crippen molar-refractivity contribution in [3.8, 4) is 17.5 Å². The number of unbranched alkanes of at least 4 members (excludes halogenated alkanes) is 3. The van der Waals surface area contributed by atoms with Crippen LogP contribution in [0.3, 0.4) is 0 Å². The molecule has 0 spiro atoms. The number of aromatic nitrogens is 2. The second kappa shape index (κ2) is 15.1. The molecule has 9 nitrogen and oxygen atoms in total. The van der Waals surface area contributed by atoms with E-state index in [4.69, 9.17) is 18.9 Å². The largest absolute Gasteiger partial charge is 0.493 e. The number of anilines is 2. The Kier molecular flexibility index (Phi) is 11.0. The second-order valence-electron chi connectivity index (χ2n) is 11.2. The number of nitrogens with one attached hydrogen (secondary N) is 1. The highest BCUT2D eigenvalue weighted by atomic mass is 16.6. The molecule has 3 aromatic rings. The quantitative estimate of drug-likeness (QED) is 0.161. The lowest BCUT2D eigenvalue weighted by Crippen LogP contribution is -2.40. The normalized spacial score (nSPS) is 12.7. The molecule has 1 aromatic heterocycles. The molecule has 0 saturated heterocycles. The van der Waals surface area contributed by atoms with Gasteiger partial charge in [-0.25, -0.2) is 14.8 Å². The molecule has 0 bridgehead atoms. The molecule has 42 heavy (non-hydrogen) atoms. The van der Waals surface area contributed by atoms with Gasteiger partial charge in [0, 0.05) is 24.3 Å². The first-order valence-electron chi connectivity index (χ1n) is 14.6. The van der Waals surface area contributed by atoms with Crippen molar-refractivity contribution in [1.29, 1.82) is 0 Å². The lowest BCUT2D eigenvalue weighted by Gasteiger charge is -2.31. The first-order chi connectivity index (χ1) is 20.3. The molecule has 1 aliphatic heterocycles. The van der Waals surface area contributed by atoms with Crippen LogP contribution in [-0.2, 0) is 17.7 Å². The average molecular weight is 575 g/mol. The van der Waals surface area contributed by atoms with Crippen molar-refractivity contribution >= 4 is 17.5 Å². The molecule has 0 atom stereocenters. The average Bonchev–Trinajstić information content (AvgIpc) is 2.98. The Hall–Kier alpha value is -4.27. The van der Waals surface area contributed by atoms with E-state index in [0.717, 1.165) is 60.5 Å². The topological polar surface area (TPSA) is 95.0 Å². The highest BCUT2D eigenvalue weighted by Gasteiger charge is 2.27. The van der Waals surface area contributed by atoms with Crippen LogP contribution < -0.4 is 19.5 Å². The Morgan fingerprint density at radius 3 is 2.36 bits per heavy atom. The summed E-state index contributed by atoms with van der Waals surface area (Å²) in [6.45, 7) is 12.2. The van der Waals surface area contributed by atoms with Crippen LogP contribution in [0, 0.1) is 0 Å². The number of nitrogens with zero attached hydrogens (tertiary/aromatic N) is 3. The van der Waals surface area contributed by atoms with Gasteiger partial charge in [0.25, 0.3) is 0 Å². The number of carbonyl (C=O) groups excluding carboxylic acids is 1. The Bertz CT molecular complexity index is 1290. The van der Waals surface area contributed by atoms with E-state index in [-0.39, 0.29) is 6.09 Å². The van der Waals surface area contributed by atoms with Crippen molar-refractivity contribution in [2.75, 3.05) is 31.7 Å². The van der Waals surface area contributed by atoms with Gasteiger partial charge in [0.1, 0.15) is 23.7 Å². The summed E-state index contributed by atoms with van der Waals surface area (Å²) < 4.78 is 22.9. The Morgan fingerprint density at radius 1 is 0.952 bits per heavy atom. The van der Waals surface area contributed by atoms with Gasteiger partial charge in [-0.1, -0.05) is 24.8 Å². The first kappa shape index (κ1) is 30.7. The molecule has 0 unspecified atom stereocenters. The standard InChI is InChI=1S/C33H42N4O5/c1-5-19-39-28-15-13-26(14-16-28)36-27-22-34-31(35-23-27)41-21-9-7-6-8-20-40-30-12-10-11-25-24-37(18-17-29(25)30)32(38)42-33(2,3)4/h5,10-16,22-23,36H,1,6-9,17-21,24H2,2-4H3. The number of fused-ring (bicyclic) bond motifs is 1. The van der Waals surface area contributed by atoms with Crippen molar-refractivity contribution in [3.05, 3.63) is 78.6 Å². The van der Waals surface area contributed by atoms with E-state index in [1.807, 2.05) is 57.2 Å². The smallest absolute Gasteiger partial charge is 0.410 e. The van der Waals surface area contributed by atoms with E-state index < -0.39 is 5.60 Å². The van der Waals surface area contributed by atoms with E-state index in [0.29, 0.717) is 38.9 Å². The van der Waals surface area contributed by atoms with Crippen molar-refractivity contribution < 1.29 is 23.7 Å². The number of hydrogen-bond acceptors (Lipinski definition) is 8. The Morgan fingerprint density at radius 2 is 1.67 bits per heavy atom. The van der Waals surface area contributed by atoms with Crippen LogP contribution in [0.2, 0.25) is 0 Å². The third-order valence-electron chi connectivity index (χ3n) is 6.54. The molecule has 224 valence electrons. The lowest BCUT2D eigenvalue weighted by molar-refractivity contribution is 0.0223. The molecule has 2 aromatic carbocycles. The van der Waals surface area contributed by atoms with Crippen LogP contribution in [0.25, 0.3) is 0 Å². The summed E-state index contributed by atoms with van der Waals surface area (Å²) in [6.07, 6.45) is 9.59. The molecule has 4 rings (SSSR count). The minimum Gasteiger partial charge on any atom is -0.493 e. The highest BCUT2D eigenvalue weighted by Crippen LogP contribution is 2.29. The maximum Gasteiger partial charge on any atom is 0.410 e. The van der Waals surface area contributed by atoms with Gasteiger partial charge in [0.05, 0.1) is 31.3 Å². The van der Waals surface area contributed by atoms with Crippen LogP contribution in [0.15, 0.2) is 67.5 Å². The van der Waals surface area contributed by atoms with Gasteiger partial charge in [-0.3, -0.25) is 0 Å². The van der Waals surface area contributed by atoms with Crippen LogP contribution in [0.5, 0.6) is 17.5 Å². The summed E-state index contributed by atoms with van der Waals surface area (Å²) in [5, 5.41) is 3.26. The monoisotopic (exact) mass is 574 g/mol. The van der Waals surface area contributed by atoms with Gasteiger partial charge in [-0.2, -0.15) is 0 Å². The molecule has 0 radical (unpaired) electrons. The minimum atomic E-state index is -0.498. The zero-order valence-electron chi connectivity index (χ0n) is 24.9. The Balaban J connectivity index is 1.09. The van der Waals surface area contributed by atoms with Gasteiger partial charge in [0.2, 0.25) is 0 Å². The van der Waals surface area contributed by atoms with E-state index >= 15 is 0 Å². The van der Waals surface area contributed by atoms with Crippen LogP contribution >= 0.6 is 0 Å². The van der Waals surface area contributed by atoms with E-state index in [2.05, 4.69) is 27.9 Å². The van der Waals surface area contributed by atoms with Crippen molar-refractivity contribution in [1.82, 2.24) is 14.9 Å². The van der Waals surface area contributed by atoms with Gasteiger partial charge < -0.3 is 29.2 Å². The zero-order chi connectivity index (χ0) is 29.8. The summed E-state index contributed by atoms with van der Waals surface area (Å²) in [6, 6.07) is 14.1. The summed E-state index contributed by atoms with van der Waals surface area (Å²) in [5.41, 5.74) is 3.51. The van der Waals surface area contributed by atoms with Crippen LogP contribution in [0.4, 0.5) is 16.2 Å². The summed E-state index contributed by atoms with van der Waals surface area (Å²) in [7, 11) is 0. The zero-order valence-corrected chi connectivity index (χ0v) is 24.9. The number of ether oxygens (including phenoxy) is 4. The molecule has 0 aliphatic carbocycles. The number of benzene rings is 2. The molecule has 2 heterocycles. The molecule has 1 amide bonds.